The topological polar surface area (TPSA) is 17.1 Å². The van der Waals surface area contributed by atoms with Gasteiger partial charge in [-0.05, 0) is 0 Å². The zero-order chi connectivity index (χ0) is 4.28. The van der Waals surface area contributed by atoms with Gasteiger partial charge in [0.25, 0.3) is 0 Å². The second kappa shape index (κ2) is 5.60. The molecule has 0 atom stereocenters. The molecular formula is C3H3Li2O. The average Bonchev–Trinajstić information content (AvgIpc) is 1.38. The van der Waals surface area contributed by atoms with Gasteiger partial charge in [-0.2, -0.15) is 0 Å². The van der Waals surface area contributed by atoms with E-state index in [9.17, 15) is 4.79 Å². The van der Waals surface area contributed by atoms with Crippen LogP contribution in [0, 0.1) is 0 Å². The summed E-state index contributed by atoms with van der Waals surface area (Å²) >= 11 is 1.47. The summed E-state index contributed by atoms with van der Waals surface area (Å²) < 4.78 is 0.0185. The van der Waals surface area contributed by atoms with Gasteiger partial charge in [-0.15, -0.1) is 0 Å². The third-order valence-corrected chi connectivity index (χ3v) is 0.287. The van der Waals surface area contributed by atoms with Crippen LogP contribution in [0.15, 0.2) is 12.7 Å². The van der Waals surface area contributed by atoms with Gasteiger partial charge >= 0.3 is 39.6 Å². The molecule has 0 rings (SSSR count). The Kier molecular flexibility index (Phi) is 9.14. The van der Waals surface area contributed by atoms with Gasteiger partial charge in [-0.3, -0.25) is 0 Å². The first kappa shape index (κ1) is 9.78. The van der Waals surface area contributed by atoms with Crippen molar-refractivity contribution < 1.29 is 4.79 Å². The summed E-state index contributed by atoms with van der Waals surface area (Å²) in [6.07, 6.45) is 1.28. The number of hydrogen-bond donors (Lipinski definition) is 0. The predicted octanol–water partition coefficient (Wildman–Crippen LogP) is -0.513. The van der Waals surface area contributed by atoms with E-state index >= 15 is 0 Å². The molecule has 0 unspecified atom stereocenters. The fourth-order valence-corrected chi connectivity index (χ4v) is 0. The van der Waals surface area contributed by atoms with Gasteiger partial charge in [-0.25, -0.2) is 0 Å². The number of hydrogen-bond acceptors (Lipinski definition) is 1. The first-order chi connectivity index (χ1) is 2.27. The summed E-state index contributed by atoms with van der Waals surface area (Å²) in [5.74, 6) is 0. The Morgan fingerprint density at radius 1 is 1.83 bits per heavy atom. The number of rotatable bonds is 1. The maximum absolute atomic E-state index is 9.69. The molecule has 0 aromatic rings. The normalized spacial score (nSPS) is 5.67. The van der Waals surface area contributed by atoms with E-state index in [0.717, 1.165) is 0 Å². The van der Waals surface area contributed by atoms with E-state index in [1.54, 1.807) is 0 Å². The van der Waals surface area contributed by atoms with Crippen molar-refractivity contribution in [3.05, 3.63) is 12.7 Å². The van der Waals surface area contributed by atoms with Crippen LogP contribution in [0.5, 0.6) is 0 Å². The molecule has 1 nitrogen and oxygen atoms in total. The third kappa shape index (κ3) is 8.82. The van der Waals surface area contributed by atoms with Gasteiger partial charge in [0.2, 0.25) is 0 Å². The number of allylic oxidation sites excluding steroid dienone is 1. The summed E-state index contributed by atoms with van der Waals surface area (Å²) in [6.45, 7) is 3.21. The van der Waals surface area contributed by atoms with E-state index in [0.29, 0.717) is 0 Å². The van der Waals surface area contributed by atoms with Crippen LogP contribution in [0.2, 0.25) is 0 Å². The molecule has 0 aliphatic carbocycles. The maximum atomic E-state index is 9.69. The minimum atomic E-state index is 0. The van der Waals surface area contributed by atoms with Crippen molar-refractivity contribution in [3.63, 3.8) is 0 Å². The second-order valence-electron chi connectivity index (χ2n) is 0.815. The van der Waals surface area contributed by atoms with Crippen molar-refractivity contribution in [1.82, 2.24) is 0 Å². The van der Waals surface area contributed by atoms with Crippen molar-refractivity contribution >= 4 is 41.0 Å². The molecule has 0 saturated carbocycles. The van der Waals surface area contributed by atoms with Gasteiger partial charge in [0.1, 0.15) is 0 Å². The van der Waals surface area contributed by atoms with Gasteiger partial charge < -0.3 is 0 Å². The van der Waals surface area contributed by atoms with Crippen molar-refractivity contribution in [2.45, 2.75) is 0 Å². The second-order valence-corrected chi connectivity index (χ2v) is 0.815. The van der Waals surface area contributed by atoms with Gasteiger partial charge in [-0.1, -0.05) is 0 Å². The van der Waals surface area contributed by atoms with E-state index in [-0.39, 0.29) is 23.3 Å². The monoisotopic (exact) mass is 69.1 g/mol. The van der Waals surface area contributed by atoms with Gasteiger partial charge in [0.05, 0.1) is 0 Å². The summed E-state index contributed by atoms with van der Waals surface area (Å²) in [5, 5.41) is 0. The molecule has 0 bridgehead atoms. The van der Waals surface area contributed by atoms with Crippen molar-refractivity contribution in [3.8, 4) is 0 Å². The van der Waals surface area contributed by atoms with Gasteiger partial charge in [0, 0.05) is 18.9 Å². The summed E-state index contributed by atoms with van der Waals surface area (Å²) in [6, 6.07) is 0. The van der Waals surface area contributed by atoms with E-state index in [2.05, 4.69) is 6.58 Å². The zero-order valence-corrected chi connectivity index (χ0v) is 4.19. The molecule has 3 heteroatoms. The molecule has 0 spiro atoms. The van der Waals surface area contributed by atoms with Crippen LogP contribution in [0.1, 0.15) is 0 Å². The van der Waals surface area contributed by atoms with Crippen LogP contribution >= 0.6 is 0 Å². The zero-order valence-electron chi connectivity index (χ0n) is 4.19. The molecule has 0 fully saturated rings. The first-order valence-electron chi connectivity index (χ1n) is 1.40. The molecule has 0 aromatic heterocycles. The standard InChI is InChI=1S/C3H3O.2Li/c1-2-3-4;;/h2H,1H2;;. The molecule has 1 radical (unpaired) electrons. The quantitative estimate of drug-likeness (QED) is 0.299. The predicted molar refractivity (Wildman–Crippen MR) is 26.7 cm³/mol. The molecule has 0 saturated heterocycles. The SMILES string of the molecule is [Li].[Li][C](=O)C=C. The fourth-order valence-electron chi connectivity index (χ4n) is 0. The Hall–Kier alpha value is 0.605. The number of carbonyl (C=O) groups excluding carboxylic acids is 1. The van der Waals surface area contributed by atoms with Crippen LogP contribution in [0.25, 0.3) is 0 Å². The van der Waals surface area contributed by atoms with E-state index in [1.807, 2.05) is 0 Å². The molecule has 0 aromatic carbocycles. The first-order valence-corrected chi connectivity index (χ1v) is 1.40. The Labute approximate surface area is 58.6 Å². The van der Waals surface area contributed by atoms with Crippen LogP contribution in [-0.2, 0) is 4.79 Å². The number of carbonyl (C=O) groups is 1. The van der Waals surface area contributed by atoms with Crippen LogP contribution in [-0.4, -0.2) is 41.0 Å². The fraction of sp³-hybridized carbons (Fsp3) is 0. The molecule has 0 N–H and O–H groups in total. The van der Waals surface area contributed by atoms with Crippen molar-refractivity contribution in [2.75, 3.05) is 0 Å². The Morgan fingerprint density at radius 3 is 2.00 bits per heavy atom. The Bertz CT molecular complexity index is 59.8. The Balaban J connectivity index is 0. The van der Waals surface area contributed by atoms with E-state index in [4.69, 9.17) is 0 Å². The van der Waals surface area contributed by atoms with Gasteiger partial charge in [0.15, 0.2) is 0 Å². The van der Waals surface area contributed by atoms with Crippen molar-refractivity contribution in [2.24, 2.45) is 0 Å². The van der Waals surface area contributed by atoms with Crippen LogP contribution in [0.3, 0.4) is 0 Å². The van der Waals surface area contributed by atoms with E-state index < -0.39 is 0 Å². The van der Waals surface area contributed by atoms with Crippen molar-refractivity contribution in [1.29, 1.82) is 0 Å². The molecule has 0 heterocycles. The average molecular weight is 68.9 g/mol. The Morgan fingerprint density at radius 2 is 2.00 bits per heavy atom. The molecular weight excluding hydrogens is 65.9 g/mol. The molecule has 6 heavy (non-hydrogen) atoms. The summed E-state index contributed by atoms with van der Waals surface area (Å²) in [7, 11) is 0. The van der Waals surface area contributed by atoms with Crippen LogP contribution in [0.4, 0.5) is 0 Å². The molecule has 0 amide bonds. The summed E-state index contributed by atoms with van der Waals surface area (Å²) in [4.78, 5) is 9.69. The molecule has 0 aliphatic heterocycles. The summed E-state index contributed by atoms with van der Waals surface area (Å²) in [5.41, 5.74) is 0. The molecule has 0 aliphatic rings. The van der Waals surface area contributed by atoms with E-state index in [1.165, 1.54) is 23.8 Å². The molecule has 23 valence electrons. The third-order valence-electron chi connectivity index (χ3n) is 0.287. The van der Waals surface area contributed by atoms with Crippen LogP contribution < -0.4 is 0 Å². The minimum absolute atomic E-state index is 0.